The number of hydrogen-bond acceptors (Lipinski definition) is 3. The van der Waals surface area contributed by atoms with Gasteiger partial charge in [0.25, 0.3) is 0 Å². The van der Waals surface area contributed by atoms with Crippen molar-refractivity contribution in [2.45, 2.75) is 31.8 Å². The quantitative estimate of drug-likeness (QED) is 0.895. The molecule has 1 aromatic rings. The summed E-state index contributed by atoms with van der Waals surface area (Å²) in [5.74, 6) is 0. The lowest BCUT2D eigenvalue weighted by atomic mass is 9.94. The monoisotopic (exact) mass is 337 g/mol. The highest BCUT2D eigenvalue weighted by Gasteiger charge is 2.39. The average Bonchev–Trinajstić information content (AvgIpc) is 2.79. The molecule has 3 rings (SSSR count). The molecular weight excluding hydrogens is 314 g/mol. The Kier molecular flexibility index (Phi) is 4.07. The van der Waals surface area contributed by atoms with Crippen molar-refractivity contribution >= 4 is 21.6 Å². The topological polar surface area (TPSA) is 18.5 Å². The van der Waals surface area contributed by atoms with Gasteiger partial charge in [0.15, 0.2) is 0 Å². The number of hydrogen-bond donors (Lipinski definition) is 1. The molecule has 0 aliphatic carbocycles. The van der Waals surface area contributed by atoms with Gasteiger partial charge in [-0.25, -0.2) is 0 Å². The highest BCUT2D eigenvalue weighted by Crippen LogP contribution is 2.29. The van der Waals surface area contributed by atoms with Gasteiger partial charge in [0, 0.05) is 42.2 Å². The SMILES string of the molecule is CC1(C)NCCC1N1CCN(c2ccccc2Br)CC1. The molecule has 0 bridgehead atoms. The maximum atomic E-state index is 3.67. The van der Waals surface area contributed by atoms with E-state index in [0.29, 0.717) is 6.04 Å². The van der Waals surface area contributed by atoms with E-state index in [9.17, 15) is 0 Å². The maximum Gasteiger partial charge on any atom is 0.0511 e. The molecule has 2 fully saturated rings. The van der Waals surface area contributed by atoms with Crippen LogP contribution in [-0.2, 0) is 0 Å². The third-order valence-corrected chi connectivity index (χ3v) is 5.45. The first-order chi connectivity index (χ1) is 9.58. The zero-order valence-electron chi connectivity index (χ0n) is 12.4. The van der Waals surface area contributed by atoms with Crippen molar-refractivity contribution in [1.82, 2.24) is 10.2 Å². The van der Waals surface area contributed by atoms with E-state index in [1.165, 1.54) is 16.6 Å². The predicted octanol–water partition coefficient (Wildman–Crippen LogP) is 2.71. The number of benzene rings is 1. The molecule has 4 heteroatoms. The first kappa shape index (κ1) is 14.4. The number of piperazine rings is 1. The molecule has 1 aromatic carbocycles. The fraction of sp³-hybridized carbons (Fsp3) is 0.625. The van der Waals surface area contributed by atoms with Crippen LogP contribution in [0.3, 0.4) is 0 Å². The van der Waals surface area contributed by atoms with Crippen LogP contribution in [0.25, 0.3) is 0 Å². The van der Waals surface area contributed by atoms with Crippen molar-refractivity contribution in [1.29, 1.82) is 0 Å². The molecule has 1 unspecified atom stereocenters. The first-order valence-corrected chi connectivity index (χ1v) is 8.36. The summed E-state index contributed by atoms with van der Waals surface area (Å²) in [6.45, 7) is 10.4. The van der Waals surface area contributed by atoms with Crippen molar-refractivity contribution in [3.05, 3.63) is 28.7 Å². The van der Waals surface area contributed by atoms with E-state index in [4.69, 9.17) is 0 Å². The van der Waals surface area contributed by atoms with Gasteiger partial charge >= 0.3 is 0 Å². The standard InChI is InChI=1S/C16H24BrN3/c1-16(2)15(7-8-18-16)20-11-9-19(10-12-20)14-6-4-3-5-13(14)17/h3-6,15,18H,7-12H2,1-2H3. The zero-order chi connectivity index (χ0) is 14.2. The summed E-state index contributed by atoms with van der Waals surface area (Å²) in [5.41, 5.74) is 1.59. The fourth-order valence-electron chi connectivity index (χ4n) is 3.63. The summed E-state index contributed by atoms with van der Waals surface area (Å²) in [4.78, 5) is 5.17. The molecule has 20 heavy (non-hydrogen) atoms. The second-order valence-electron chi connectivity index (χ2n) is 6.43. The zero-order valence-corrected chi connectivity index (χ0v) is 14.0. The van der Waals surface area contributed by atoms with E-state index in [-0.39, 0.29) is 5.54 Å². The first-order valence-electron chi connectivity index (χ1n) is 7.56. The Morgan fingerprint density at radius 2 is 1.85 bits per heavy atom. The smallest absolute Gasteiger partial charge is 0.0511 e. The van der Waals surface area contributed by atoms with Gasteiger partial charge in [-0.1, -0.05) is 12.1 Å². The largest absolute Gasteiger partial charge is 0.368 e. The van der Waals surface area contributed by atoms with Crippen LogP contribution in [0.1, 0.15) is 20.3 Å². The van der Waals surface area contributed by atoms with Crippen molar-refractivity contribution in [3.8, 4) is 0 Å². The molecule has 3 nitrogen and oxygen atoms in total. The van der Waals surface area contributed by atoms with Gasteiger partial charge in [-0.2, -0.15) is 0 Å². The predicted molar refractivity (Wildman–Crippen MR) is 88.4 cm³/mol. The summed E-state index contributed by atoms with van der Waals surface area (Å²) >= 11 is 3.67. The van der Waals surface area contributed by atoms with Crippen LogP contribution in [0.5, 0.6) is 0 Å². The van der Waals surface area contributed by atoms with Crippen LogP contribution in [0, 0.1) is 0 Å². The normalized spacial score (nSPS) is 26.9. The van der Waals surface area contributed by atoms with Crippen molar-refractivity contribution < 1.29 is 0 Å². The Labute approximate surface area is 130 Å². The Balaban J connectivity index is 1.64. The van der Waals surface area contributed by atoms with Gasteiger partial charge in [-0.15, -0.1) is 0 Å². The number of para-hydroxylation sites is 1. The minimum absolute atomic E-state index is 0.259. The Morgan fingerprint density at radius 3 is 2.45 bits per heavy atom. The molecule has 2 heterocycles. The van der Waals surface area contributed by atoms with Crippen molar-refractivity contribution in [2.24, 2.45) is 0 Å². The van der Waals surface area contributed by atoms with Crippen LogP contribution in [0.4, 0.5) is 5.69 Å². The third kappa shape index (κ3) is 2.74. The van der Waals surface area contributed by atoms with Crippen LogP contribution < -0.4 is 10.2 Å². The van der Waals surface area contributed by atoms with E-state index in [2.05, 4.69) is 69.2 Å². The summed E-state index contributed by atoms with van der Waals surface area (Å²) in [5, 5.41) is 3.63. The minimum Gasteiger partial charge on any atom is -0.368 e. The van der Waals surface area contributed by atoms with Gasteiger partial charge < -0.3 is 10.2 Å². The van der Waals surface area contributed by atoms with Crippen LogP contribution >= 0.6 is 15.9 Å². The van der Waals surface area contributed by atoms with Crippen molar-refractivity contribution in [3.63, 3.8) is 0 Å². The van der Waals surface area contributed by atoms with Crippen LogP contribution in [0.2, 0.25) is 0 Å². The average molecular weight is 338 g/mol. The molecule has 0 saturated carbocycles. The second kappa shape index (κ2) is 5.66. The van der Waals surface area contributed by atoms with E-state index >= 15 is 0 Å². The summed E-state index contributed by atoms with van der Waals surface area (Å²) in [6.07, 6.45) is 1.28. The number of rotatable bonds is 2. The van der Waals surface area contributed by atoms with Gasteiger partial charge in [0.05, 0.1) is 5.69 Å². The highest BCUT2D eigenvalue weighted by molar-refractivity contribution is 9.10. The van der Waals surface area contributed by atoms with Crippen LogP contribution in [0.15, 0.2) is 28.7 Å². The summed E-state index contributed by atoms with van der Waals surface area (Å²) in [6, 6.07) is 9.23. The summed E-state index contributed by atoms with van der Waals surface area (Å²) < 4.78 is 1.20. The Hall–Kier alpha value is -0.580. The fourth-order valence-corrected chi connectivity index (χ4v) is 4.17. The molecule has 2 saturated heterocycles. The lowest BCUT2D eigenvalue weighted by Gasteiger charge is -2.43. The number of nitrogens with zero attached hydrogens (tertiary/aromatic N) is 2. The molecule has 0 aromatic heterocycles. The third-order valence-electron chi connectivity index (χ3n) is 4.78. The van der Waals surface area contributed by atoms with Crippen molar-refractivity contribution in [2.75, 3.05) is 37.6 Å². The molecule has 110 valence electrons. The van der Waals surface area contributed by atoms with Gasteiger partial charge in [-0.3, -0.25) is 4.90 Å². The molecule has 0 radical (unpaired) electrons. The van der Waals surface area contributed by atoms with E-state index in [1.54, 1.807) is 0 Å². The van der Waals surface area contributed by atoms with Gasteiger partial charge in [-0.05, 0) is 54.9 Å². The lowest BCUT2D eigenvalue weighted by Crippen LogP contribution is -2.57. The van der Waals surface area contributed by atoms with Gasteiger partial charge in [0.1, 0.15) is 0 Å². The maximum absolute atomic E-state index is 3.67. The highest BCUT2D eigenvalue weighted by atomic mass is 79.9. The van der Waals surface area contributed by atoms with E-state index in [1.807, 2.05) is 0 Å². The molecule has 2 aliphatic heterocycles. The molecule has 0 amide bonds. The molecule has 1 N–H and O–H groups in total. The Bertz CT molecular complexity index is 467. The number of halogens is 1. The second-order valence-corrected chi connectivity index (χ2v) is 7.28. The van der Waals surface area contributed by atoms with Crippen LogP contribution in [-0.4, -0.2) is 49.2 Å². The Morgan fingerprint density at radius 1 is 1.15 bits per heavy atom. The summed E-state index contributed by atoms with van der Waals surface area (Å²) in [7, 11) is 0. The van der Waals surface area contributed by atoms with E-state index < -0.39 is 0 Å². The molecule has 1 atom stereocenters. The molecule has 2 aliphatic rings. The van der Waals surface area contributed by atoms with Gasteiger partial charge in [0.2, 0.25) is 0 Å². The number of anilines is 1. The molecule has 0 spiro atoms. The minimum atomic E-state index is 0.259. The number of nitrogens with one attached hydrogen (secondary N) is 1. The van der Waals surface area contributed by atoms with E-state index in [0.717, 1.165) is 32.7 Å². The molecular formula is C16H24BrN3. The lowest BCUT2D eigenvalue weighted by molar-refractivity contribution is 0.139.